The summed E-state index contributed by atoms with van der Waals surface area (Å²) < 4.78 is 10.8. The zero-order valence-electron chi connectivity index (χ0n) is 15.0. The van der Waals surface area contributed by atoms with E-state index in [1.807, 2.05) is 56.6 Å². The topological polar surface area (TPSA) is 50.8 Å². The minimum Gasteiger partial charge on any atom is -0.454 e. The largest absolute Gasteiger partial charge is 0.454 e. The highest BCUT2D eigenvalue weighted by Crippen LogP contribution is 2.34. The lowest BCUT2D eigenvalue weighted by Gasteiger charge is -2.25. The van der Waals surface area contributed by atoms with Crippen molar-refractivity contribution in [2.75, 3.05) is 27.4 Å². The first kappa shape index (κ1) is 18.5. The molecule has 0 aromatic heterocycles. The summed E-state index contributed by atoms with van der Waals surface area (Å²) in [4.78, 5) is 14.3. The predicted molar refractivity (Wildman–Crippen MR) is 102 cm³/mol. The van der Waals surface area contributed by atoms with Crippen molar-refractivity contribution in [3.8, 4) is 11.5 Å². The average Bonchev–Trinajstić information content (AvgIpc) is 3.09. The molecule has 0 spiro atoms. The first-order chi connectivity index (χ1) is 12.5. The van der Waals surface area contributed by atoms with Crippen LogP contribution in [0, 0.1) is 0 Å². The molecule has 26 heavy (non-hydrogen) atoms. The van der Waals surface area contributed by atoms with Crippen LogP contribution < -0.4 is 14.8 Å². The molecule has 5 nitrogen and oxygen atoms in total. The number of nitrogens with zero attached hydrogens (tertiary/aromatic N) is 1. The second-order valence-electron chi connectivity index (χ2n) is 6.49. The Kier molecular flexibility index (Phi) is 6.01. The van der Waals surface area contributed by atoms with E-state index in [4.69, 9.17) is 21.1 Å². The molecule has 1 atom stereocenters. The minimum absolute atomic E-state index is 0.0116. The summed E-state index contributed by atoms with van der Waals surface area (Å²) >= 11 is 6.14. The number of ether oxygens (including phenoxy) is 2. The molecule has 138 valence electrons. The standard InChI is InChI=1S/C20H23ClN2O3/c1-23(2)17(15-7-9-18-19(11-15)26-13-25-18)12-22-20(24)10-8-14-5-3-4-6-16(14)21/h3-7,9,11,17H,8,10,12-13H2,1-2H3,(H,22,24). The number of fused-ring (bicyclic) bond motifs is 1. The van der Waals surface area contributed by atoms with Crippen LogP contribution >= 0.6 is 11.6 Å². The minimum atomic E-state index is 0.0116. The lowest BCUT2D eigenvalue weighted by atomic mass is 10.0. The van der Waals surface area contributed by atoms with Crippen molar-refractivity contribution in [2.45, 2.75) is 18.9 Å². The number of benzene rings is 2. The molecule has 0 saturated carbocycles. The number of nitrogens with one attached hydrogen (secondary N) is 1. The Hall–Kier alpha value is -2.24. The van der Waals surface area contributed by atoms with Crippen molar-refractivity contribution in [1.82, 2.24) is 10.2 Å². The average molecular weight is 375 g/mol. The molecule has 1 aliphatic heterocycles. The number of hydrogen-bond donors (Lipinski definition) is 1. The highest BCUT2D eigenvalue weighted by Gasteiger charge is 2.20. The third-order valence-electron chi connectivity index (χ3n) is 4.48. The molecule has 0 bridgehead atoms. The van der Waals surface area contributed by atoms with Gasteiger partial charge in [-0.05, 0) is 49.8 Å². The normalized spacial score (nSPS) is 13.7. The van der Waals surface area contributed by atoms with Gasteiger partial charge in [0.2, 0.25) is 12.7 Å². The van der Waals surface area contributed by atoms with E-state index in [2.05, 4.69) is 10.2 Å². The van der Waals surface area contributed by atoms with E-state index in [0.717, 1.165) is 22.6 Å². The second-order valence-corrected chi connectivity index (χ2v) is 6.89. The molecule has 0 aliphatic carbocycles. The number of halogens is 1. The third-order valence-corrected chi connectivity index (χ3v) is 4.85. The molecule has 6 heteroatoms. The molecule has 1 unspecified atom stereocenters. The van der Waals surface area contributed by atoms with Crippen LogP contribution in [0.1, 0.15) is 23.6 Å². The summed E-state index contributed by atoms with van der Waals surface area (Å²) in [5, 5.41) is 3.73. The van der Waals surface area contributed by atoms with Crippen molar-refractivity contribution in [3.05, 3.63) is 58.6 Å². The van der Waals surface area contributed by atoms with Gasteiger partial charge >= 0.3 is 0 Å². The monoisotopic (exact) mass is 374 g/mol. The Balaban J connectivity index is 1.57. The summed E-state index contributed by atoms with van der Waals surface area (Å²) in [6.45, 7) is 0.776. The molecule has 0 saturated heterocycles. The summed E-state index contributed by atoms with van der Waals surface area (Å²) in [6.07, 6.45) is 1.03. The number of carbonyl (C=O) groups is 1. The Morgan fingerprint density at radius 2 is 1.96 bits per heavy atom. The van der Waals surface area contributed by atoms with Crippen LogP contribution in [-0.4, -0.2) is 38.2 Å². The van der Waals surface area contributed by atoms with Crippen LogP contribution in [0.4, 0.5) is 0 Å². The zero-order chi connectivity index (χ0) is 18.5. The van der Waals surface area contributed by atoms with E-state index in [1.54, 1.807) is 0 Å². The molecular weight excluding hydrogens is 352 g/mol. The van der Waals surface area contributed by atoms with Gasteiger partial charge in [-0.25, -0.2) is 0 Å². The summed E-state index contributed by atoms with van der Waals surface area (Å²) in [7, 11) is 3.98. The van der Waals surface area contributed by atoms with Crippen LogP contribution in [0.3, 0.4) is 0 Å². The molecule has 0 radical (unpaired) electrons. The quantitative estimate of drug-likeness (QED) is 0.806. The van der Waals surface area contributed by atoms with Gasteiger partial charge in [0.1, 0.15) is 0 Å². The fourth-order valence-electron chi connectivity index (χ4n) is 2.97. The van der Waals surface area contributed by atoms with Gasteiger partial charge in [-0.1, -0.05) is 35.9 Å². The van der Waals surface area contributed by atoms with Gasteiger partial charge < -0.3 is 19.7 Å². The number of carbonyl (C=O) groups excluding carboxylic acids is 1. The molecule has 1 heterocycles. The number of aryl methyl sites for hydroxylation is 1. The lowest BCUT2D eigenvalue weighted by Crippen LogP contribution is -2.34. The smallest absolute Gasteiger partial charge is 0.231 e. The first-order valence-corrected chi connectivity index (χ1v) is 8.98. The highest BCUT2D eigenvalue weighted by atomic mass is 35.5. The van der Waals surface area contributed by atoms with E-state index in [0.29, 0.717) is 24.4 Å². The molecule has 2 aromatic rings. The summed E-state index contributed by atoms with van der Waals surface area (Å²) in [5.74, 6) is 1.52. The fourth-order valence-corrected chi connectivity index (χ4v) is 3.20. The summed E-state index contributed by atoms with van der Waals surface area (Å²) in [6, 6.07) is 13.6. The van der Waals surface area contributed by atoms with Crippen molar-refractivity contribution in [1.29, 1.82) is 0 Å². The number of likely N-dealkylation sites (N-methyl/N-ethyl adjacent to an activating group) is 1. The Morgan fingerprint density at radius 1 is 1.19 bits per heavy atom. The van der Waals surface area contributed by atoms with Crippen molar-refractivity contribution >= 4 is 17.5 Å². The lowest BCUT2D eigenvalue weighted by molar-refractivity contribution is -0.121. The van der Waals surface area contributed by atoms with Crippen LogP contribution in [-0.2, 0) is 11.2 Å². The third kappa shape index (κ3) is 4.48. The van der Waals surface area contributed by atoms with E-state index in [9.17, 15) is 4.79 Å². The van der Waals surface area contributed by atoms with Gasteiger partial charge in [0.15, 0.2) is 11.5 Å². The zero-order valence-corrected chi connectivity index (χ0v) is 15.8. The fraction of sp³-hybridized carbons (Fsp3) is 0.350. The number of rotatable bonds is 7. The van der Waals surface area contributed by atoms with E-state index >= 15 is 0 Å². The van der Waals surface area contributed by atoms with Crippen LogP contribution in [0.25, 0.3) is 0 Å². The van der Waals surface area contributed by atoms with Gasteiger partial charge in [-0.3, -0.25) is 4.79 Å². The first-order valence-electron chi connectivity index (χ1n) is 8.60. The maximum absolute atomic E-state index is 12.3. The van der Waals surface area contributed by atoms with Crippen LogP contribution in [0.15, 0.2) is 42.5 Å². The van der Waals surface area contributed by atoms with Gasteiger partial charge in [0.25, 0.3) is 0 Å². The number of hydrogen-bond acceptors (Lipinski definition) is 4. The molecule has 1 N–H and O–H groups in total. The van der Waals surface area contributed by atoms with Crippen molar-refractivity contribution < 1.29 is 14.3 Å². The van der Waals surface area contributed by atoms with Gasteiger partial charge in [0.05, 0.1) is 6.04 Å². The van der Waals surface area contributed by atoms with Crippen LogP contribution in [0.2, 0.25) is 5.02 Å². The molecule has 2 aromatic carbocycles. The Morgan fingerprint density at radius 3 is 2.73 bits per heavy atom. The van der Waals surface area contributed by atoms with E-state index in [-0.39, 0.29) is 18.7 Å². The molecule has 3 rings (SSSR count). The second kappa shape index (κ2) is 8.43. The van der Waals surface area contributed by atoms with Crippen LogP contribution in [0.5, 0.6) is 11.5 Å². The van der Waals surface area contributed by atoms with Gasteiger partial charge in [-0.2, -0.15) is 0 Å². The number of amides is 1. The Labute approximate surface area is 158 Å². The maximum Gasteiger partial charge on any atom is 0.231 e. The van der Waals surface area contributed by atoms with Gasteiger partial charge in [0, 0.05) is 18.0 Å². The van der Waals surface area contributed by atoms with E-state index in [1.165, 1.54) is 0 Å². The highest BCUT2D eigenvalue weighted by molar-refractivity contribution is 6.31. The van der Waals surface area contributed by atoms with Crippen molar-refractivity contribution in [2.24, 2.45) is 0 Å². The molecule has 1 amide bonds. The van der Waals surface area contributed by atoms with E-state index < -0.39 is 0 Å². The van der Waals surface area contributed by atoms with Crippen molar-refractivity contribution in [3.63, 3.8) is 0 Å². The predicted octanol–water partition coefficient (Wildman–Crippen LogP) is 3.42. The molecule has 0 fully saturated rings. The SMILES string of the molecule is CN(C)C(CNC(=O)CCc1ccccc1Cl)c1ccc2c(c1)OCO2. The molecule has 1 aliphatic rings. The Bertz CT molecular complexity index is 779. The van der Waals surface area contributed by atoms with Gasteiger partial charge in [-0.15, -0.1) is 0 Å². The molecular formula is C20H23ClN2O3. The maximum atomic E-state index is 12.3. The summed E-state index contributed by atoms with van der Waals surface area (Å²) in [5.41, 5.74) is 2.06.